The summed E-state index contributed by atoms with van der Waals surface area (Å²) < 4.78 is 24.0. The average molecular weight is 364 g/mol. The lowest BCUT2D eigenvalue weighted by Gasteiger charge is -2.40. The number of aliphatic hydroxyl groups excluding tert-OH is 4. The number of hydrogen-bond donors (Lipinski definition) is 4. The molecule has 140 valence electrons. The molecule has 0 aromatic heterocycles. The minimum atomic E-state index is -1.42. The summed E-state index contributed by atoms with van der Waals surface area (Å²) in [6.45, 7) is -0.194. The van der Waals surface area contributed by atoms with Crippen LogP contribution in [0.1, 0.15) is 17.2 Å². The predicted molar refractivity (Wildman–Crippen MR) is 89.9 cm³/mol. The molecule has 0 radical (unpaired) electrons. The topological polar surface area (TPSA) is 99.4 Å². The first kappa shape index (κ1) is 18.8. The standard InChI is InChI=1S/C19H21FO6/c20-13-5-1-11(2-6-13)10-25-14-7-3-12(4-8-14)19-18(24)17(23)16(22)15(9-21)26-19/h1-8,15-19,21-24H,9-10H2/t15-,16-,17+,18+,19?/m1/s1. The van der Waals surface area contributed by atoms with Gasteiger partial charge in [-0.05, 0) is 35.4 Å². The highest BCUT2D eigenvalue weighted by Gasteiger charge is 2.43. The summed E-state index contributed by atoms with van der Waals surface area (Å²) in [5.41, 5.74) is 1.40. The molecule has 1 aliphatic rings. The van der Waals surface area contributed by atoms with Crippen molar-refractivity contribution in [3.05, 3.63) is 65.5 Å². The molecule has 0 spiro atoms. The summed E-state index contributed by atoms with van der Waals surface area (Å²) in [6.07, 6.45) is -5.95. The quantitative estimate of drug-likeness (QED) is 0.630. The minimum Gasteiger partial charge on any atom is -0.489 e. The Morgan fingerprint density at radius 1 is 0.885 bits per heavy atom. The molecule has 26 heavy (non-hydrogen) atoms. The fourth-order valence-corrected chi connectivity index (χ4v) is 2.88. The molecule has 4 N–H and O–H groups in total. The van der Waals surface area contributed by atoms with Crippen LogP contribution in [0.25, 0.3) is 0 Å². The van der Waals surface area contributed by atoms with E-state index in [1.165, 1.54) is 12.1 Å². The van der Waals surface area contributed by atoms with Crippen LogP contribution in [0.3, 0.4) is 0 Å². The normalized spacial score (nSPS) is 28.7. The monoisotopic (exact) mass is 364 g/mol. The van der Waals surface area contributed by atoms with Crippen LogP contribution in [-0.2, 0) is 11.3 Å². The Bertz CT molecular complexity index is 703. The second-order valence-electron chi connectivity index (χ2n) is 6.23. The summed E-state index contributed by atoms with van der Waals surface area (Å²) >= 11 is 0. The van der Waals surface area contributed by atoms with Crippen molar-refractivity contribution in [3.63, 3.8) is 0 Å². The Hall–Kier alpha value is -2.03. The highest BCUT2D eigenvalue weighted by atomic mass is 19.1. The molecule has 1 aliphatic heterocycles. The van der Waals surface area contributed by atoms with Crippen molar-refractivity contribution in [3.8, 4) is 5.75 Å². The Morgan fingerprint density at radius 2 is 1.54 bits per heavy atom. The molecule has 1 unspecified atom stereocenters. The summed E-state index contributed by atoms with van der Waals surface area (Å²) in [4.78, 5) is 0. The van der Waals surface area contributed by atoms with Gasteiger partial charge in [-0.15, -0.1) is 0 Å². The number of rotatable bonds is 5. The maximum atomic E-state index is 12.9. The molecule has 2 aromatic rings. The van der Waals surface area contributed by atoms with E-state index in [1.807, 2.05) is 0 Å². The van der Waals surface area contributed by atoms with Crippen molar-refractivity contribution in [2.24, 2.45) is 0 Å². The van der Waals surface area contributed by atoms with E-state index in [9.17, 15) is 24.8 Å². The van der Waals surface area contributed by atoms with Gasteiger partial charge >= 0.3 is 0 Å². The highest BCUT2D eigenvalue weighted by Crippen LogP contribution is 2.33. The van der Waals surface area contributed by atoms with Gasteiger partial charge in [0, 0.05) is 0 Å². The van der Waals surface area contributed by atoms with Crippen LogP contribution >= 0.6 is 0 Å². The fourth-order valence-electron chi connectivity index (χ4n) is 2.88. The highest BCUT2D eigenvalue weighted by molar-refractivity contribution is 5.30. The van der Waals surface area contributed by atoms with Gasteiger partial charge in [-0.1, -0.05) is 24.3 Å². The van der Waals surface area contributed by atoms with Crippen LogP contribution in [-0.4, -0.2) is 51.4 Å². The van der Waals surface area contributed by atoms with Crippen LogP contribution in [0.2, 0.25) is 0 Å². The minimum absolute atomic E-state index is 0.277. The van der Waals surface area contributed by atoms with E-state index in [0.717, 1.165) is 5.56 Å². The Balaban J connectivity index is 1.65. The number of ether oxygens (including phenoxy) is 2. The number of benzene rings is 2. The molecule has 0 bridgehead atoms. The van der Waals surface area contributed by atoms with Gasteiger partial charge in [-0.25, -0.2) is 4.39 Å². The van der Waals surface area contributed by atoms with E-state index >= 15 is 0 Å². The molecule has 0 aliphatic carbocycles. The van der Waals surface area contributed by atoms with Gasteiger partial charge in [0.25, 0.3) is 0 Å². The first-order valence-corrected chi connectivity index (χ1v) is 8.27. The molecule has 6 nitrogen and oxygen atoms in total. The molecular weight excluding hydrogens is 343 g/mol. The van der Waals surface area contributed by atoms with E-state index in [1.54, 1.807) is 36.4 Å². The largest absolute Gasteiger partial charge is 0.489 e. The van der Waals surface area contributed by atoms with Crippen molar-refractivity contribution in [1.29, 1.82) is 0 Å². The fraction of sp³-hybridized carbons (Fsp3) is 0.368. The van der Waals surface area contributed by atoms with Gasteiger partial charge in [-0.2, -0.15) is 0 Å². The molecule has 0 saturated carbocycles. The summed E-state index contributed by atoms with van der Waals surface area (Å²) in [5.74, 6) is 0.264. The maximum absolute atomic E-state index is 12.9. The average Bonchev–Trinajstić information content (AvgIpc) is 2.67. The smallest absolute Gasteiger partial charge is 0.123 e. The van der Waals surface area contributed by atoms with Gasteiger partial charge < -0.3 is 29.9 Å². The van der Waals surface area contributed by atoms with Crippen LogP contribution < -0.4 is 4.74 Å². The summed E-state index contributed by atoms with van der Waals surface area (Å²) in [5, 5.41) is 39.1. The Morgan fingerprint density at radius 3 is 2.15 bits per heavy atom. The van der Waals surface area contributed by atoms with Crippen molar-refractivity contribution in [2.45, 2.75) is 37.1 Å². The van der Waals surface area contributed by atoms with Crippen LogP contribution in [0.5, 0.6) is 5.75 Å². The molecule has 0 amide bonds. The molecular formula is C19H21FO6. The second kappa shape index (κ2) is 8.11. The van der Waals surface area contributed by atoms with Crippen molar-refractivity contribution in [2.75, 3.05) is 6.61 Å². The number of hydrogen-bond acceptors (Lipinski definition) is 6. The zero-order valence-corrected chi connectivity index (χ0v) is 13.9. The van der Waals surface area contributed by atoms with Crippen molar-refractivity contribution < 1.29 is 34.3 Å². The van der Waals surface area contributed by atoms with Crippen molar-refractivity contribution in [1.82, 2.24) is 0 Å². The molecule has 5 atom stereocenters. The SMILES string of the molecule is OC[C@H]1OC(c2ccc(OCc3ccc(F)cc3)cc2)[C@@H](O)[C@@H](O)[C@@H]1O. The van der Waals surface area contributed by atoms with Crippen LogP contribution in [0, 0.1) is 5.82 Å². The first-order valence-electron chi connectivity index (χ1n) is 8.27. The van der Waals surface area contributed by atoms with E-state index in [4.69, 9.17) is 9.47 Å². The second-order valence-corrected chi connectivity index (χ2v) is 6.23. The summed E-state index contributed by atoms with van der Waals surface area (Å²) in [6, 6.07) is 12.7. The molecule has 1 saturated heterocycles. The third kappa shape index (κ3) is 4.03. The predicted octanol–water partition coefficient (Wildman–Crippen LogP) is 0.920. The number of aliphatic hydroxyl groups is 4. The molecule has 1 heterocycles. The lowest BCUT2D eigenvalue weighted by Crippen LogP contribution is -2.55. The third-order valence-electron chi connectivity index (χ3n) is 4.42. The Kier molecular flexibility index (Phi) is 5.85. The van der Waals surface area contributed by atoms with E-state index < -0.39 is 37.1 Å². The van der Waals surface area contributed by atoms with Crippen LogP contribution in [0.15, 0.2) is 48.5 Å². The lowest BCUT2D eigenvalue weighted by atomic mass is 9.91. The zero-order chi connectivity index (χ0) is 18.7. The third-order valence-corrected chi connectivity index (χ3v) is 4.42. The number of halogens is 1. The van der Waals surface area contributed by atoms with Gasteiger partial charge in [0.1, 0.15) is 48.7 Å². The molecule has 2 aromatic carbocycles. The van der Waals surface area contributed by atoms with E-state index in [-0.39, 0.29) is 12.4 Å². The molecule has 7 heteroatoms. The summed E-state index contributed by atoms with van der Waals surface area (Å²) in [7, 11) is 0. The molecule has 3 rings (SSSR count). The van der Waals surface area contributed by atoms with E-state index in [0.29, 0.717) is 11.3 Å². The van der Waals surface area contributed by atoms with Gasteiger partial charge in [0.15, 0.2) is 0 Å². The van der Waals surface area contributed by atoms with Crippen LogP contribution in [0.4, 0.5) is 4.39 Å². The first-order chi connectivity index (χ1) is 12.5. The maximum Gasteiger partial charge on any atom is 0.123 e. The Labute approximate surface area is 150 Å². The van der Waals surface area contributed by atoms with Gasteiger partial charge in [-0.3, -0.25) is 0 Å². The zero-order valence-electron chi connectivity index (χ0n) is 13.9. The molecule has 1 fully saturated rings. The van der Waals surface area contributed by atoms with Gasteiger partial charge in [0.2, 0.25) is 0 Å². The van der Waals surface area contributed by atoms with E-state index in [2.05, 4.69) is 0 Å². The van der Waals surface area contributed by atoms with Crippen molar-refractivity contribution >= 4 is 0 Å². The lowest BCUT2D eigenvalue weighted by molar-refractivity contribution is -0.231. The van der Waals surface area contributed by atoms with Gasteiger partial charge in [0.05, 0.1) is 6.61 Å².